The number of benzene rings is 1. The first-order chi connectivity index (χ1) is 12.7. The summed E-state index contributed by atoms with van der Waals surface area (Å²) in [6.45, 7) is 4.20. The molecule has 7 nitrogen and oxygen atoms in total. The third-order valence-electron chi connectivity index (χ3n) is 4.67. The molecule has 0 aliphatic carbocycles. The van der Waals surface area contributed by atoms with Crippen molar-refractivity contribution in [1.29, 1.82) is 0 Å². The Morgan fingerprint density at radius 1 is 1.15 bits per heavy atom. The van der Waals surface area contributed by atoms with E-state index in [4.69, 9.17) is 4.42 Å². The highest BCUT2D eigenvalue weighted by Crippen LogP contribution is 2.25. The molecule has 1 fully saturated rings. The van der Waals surface area contributed by atoms with E-state index >= 15 is 0 Å². The molecule has 1 N–H and O–H groups in total. The van der Waals surface area contributed by atoms with E-state index in [1.165, 1.54) is 6.39 Å². The smallest absolute Gasteiger partial charge is 0.239 e. The van der Waals surface area contributed by atoms with Gasteiger partial charge in [0.25, 0.3) is 0 Å². The van der Waals surface area contributed by atoms with Crippen molar-refractivity contribution in [3.05, 3.63) is 43.1 Å². The number of amides is 1. The molecule has 1 aliphatic heterocycles. The van der Waals surface area contributed by atoms with Crippen LogP contribution in [0.1, 0.15) is 0 Å². The average molecular weight is 351 g/mol. The van der Waals surface area contributed by atoms with E-state index in [1.807, 2.05) is 24.3 Å². The number of oxazole rings is 1. The van der Waals surface area contributed by atoms with Crippen LogP contribution in [0.4, 0.5) is 5.82 Å². The Kier molecular flexibility index (Phi) is 4.64. The quantitative estimate of drug-likeness (QED) is 0.776. The van der Waals surface area contributed by atoms with Crippen LogP contribution in [0.5, 0.6) is 0 Å². The normalized spacial score (nSPS) is 16.0. The molecule has 0 saturated carbocycles. The van der Waals surface area contributed by atoms with Crippen LogP contribution in [0.3, 0.4) is 0 Å². The number of hydrogen-bond acceptors (Lipinski definition) is 6. The molecule has 1 amide bonds. The summed E-state index contributed by atoms with van der Waals surface area (Å²) in [6.07, 6.45) is 4.86. The fraction of sp³-hybridized carbons (Fsp3) is 0.316. The second-order valence-electron chi connectivity index (χ2n) is 6.62. The summed E-state index contributed by atoms with van der Waals surface area (Å²) < 4.78 is 5.35. The van der Waals surface area contributed by atoms with Gasteiger partial charge in [-0.05, 0) is 24.6 Å². The lowest BCUT2D eigenvalue weighted by Gasteiger charge is -2.31. The van der Waals surface area contributed by atoms with Crippen LogP contribution in [-0.2, 0) is 4.79 Å². The third-order valence-corrected chi connectivity index (χ3v) is 4.67. The summed E-state index contributed by atoms with van der Waals surface area (Å²) in [7, 11) is 2.10. The monoisotopic (exact) mass is 351 g/mol. The summed E-state index contributed by atoms with van der Waals surface area (Å²) in [6, 6.07) is 7.84. The van der Waals surface area contributed by atoms with Crippen LogP contribution in [0, 0.1) is 0 Å². The van der Waals surface area contributed by atoms with Gasteiger partial charge in [0.2, 0.25) is 5.91 Å². The Labute approximate surface area is 151 Å². The molecule has 1 aromatic carbocycles. The Balaban J connectivity index is 1.47. The Morgan fingerprint density at radius 2 is 2.00 bits per heavy atom. The van der Waals surface area contributed by atoms with Crippen molar-refractivity contribution in [2.75, 3.05) is 45.1 Å². The fourth-order valence-corrected chi connectivity index (χ4v) is 3.11. The highest BCUT2D eigenvalue weighted by molar-refractivity contribution is 5.94. The first-order valence-electron chi connectivity index (χ1n) is 8.67. The van der Waals surface area contributed by atoms with Crippen LogP contribution in [0.25, 0.3) is 22.1 Å². The molecule has 7 heteroatoms. The number of likely N-dealkylation sites (N-methyl/N-ethyl adjacent to an activating group) is 1. The predicted octanol–water partition coefficient (Wildman–Crippen LogP) is 2.08. The minimum absolute atomic E-state index is 0.0345. The maximum Gasteiger partial charge on any atom is 0.239 e. The van der Waals surface area contributed by atoms with Gasteiger partial charge in [-0.15, -0.1) is 0 Å². The van der Waals surface area contributed by atoms with Crippen molar-refractivity contribution >= 4 is 22.5 Å². The van der Waals surface area contributed by atoms with E-state index in [1.54, 1.807) is 12.4 Å². The van der Waals surface area contributed by atoms with Gasteiger partial charge in [-0.25, -0.2) is 9.97 Å². The predicted molar refractivity (Wildman–Crippen MR) is 99.8 cm³/mol. The van der Waals surface area contributed by atoms with Crippen molar-refractivity contribution in [2.24, 2.45) is 0 Å². The highest BCUT2D eigenvalue weighted by atomic mass is 16.3. The number of carbonyl (C=O) groups is 1. The molecule has 26 heavy (non-hydrogen) atoms. The van der Waals surface area contributed by atoms with Gasteiger partial charge in [-0.1, -0.05) is 12.1 Å². The lowest BCUT2D eigenvalue weighted by Crippen LogP contribution is -2.47. The number of nitrogens with one attached hydrogen (secondary N) is 1. The molecule has 0 bridgehead atoms. The molecule has 1 saturated heterocycles. The lowest BCUT2D eigenvalue weighted by atomic mass is 10.1. The summed E-state index contributed by atoms with van der Waals surface area (Å²) in [5, 5.41) is 4.90. The number of fused-ring (bicyclic) bond motifs is 1. The van der Waals surface area contributed by atoms with Gasteiger partial charge < -0.3 is 14.6 Å². The topological polar surface area (TPSA) is 74.5 Å². The first-order valence-corrected chi connectivity index (χ1v) is 8.67. The molecule has 3 heterocycles. The van der Waals surface area contributed by atoms with Gasteiger partial charge in [0.05, 0.1) is 12.7 Å². The van der Waals surface area contributed by atoms with E-state index in [0.29, 0.717) is 18.1 Å². The molecule has 134 valence electrons. The number of piperazine rings is 1. The summed E-state index contributed by atoms with van der Waals surface area (Å²) in [4.78, 5) is 25.1. The van der Waals surface area contributed by atoms with Crippen LogP contribution in [0.15, 0.2) is 47.5 Å². The van der Waals surface area contributed by atoms with Crippen molar-refractivity contribution in [3.8, 4) is 11.3 Å². The average Bonchev–Trinajstić information content (AvgIpc) is 3.18. The molecule has 0 unspecified atom stereocenters. The van der Waals surface area contributed by atoms with Gasteiger partial charge in [0.15, 0.2) is 12.2 Å². The zero-order valence-corrected chi connectivity index (χ0v) is 14.7. The Bertz CT molecular complexity index is 901. The molecule has 0 atom stereocenters. The number of rotatable bonds is 4. The minimum atomic E-state index is -0.0345. The minimum Gasteiger partial charge on any atom is -0.444 e. The van der Waals surface area contributed by atoms with Crippen molar-refractivity contribution in [1.82, 2.24) is 19.8 Å². The fourth-order valence-electron chi connectivity index (χ4n) is 3.11. The third kappa shape index (κ3) is 3.74. The largest absolute Gasteiger partial charge is 0.444 e. The molecule has 4 rings (SSSR count). The molecular weight excluding hydrogens is 330 g/mol. The summed E-state index contributed by atoms with van der Waals surface area (Å²) in [5.74, 6) is 1.24. The molecule has 2 aromatic heterocycles. The van der Waals surface area contributed by atoms with Crippen LogP contribution in [0.2, 0.25) is 0 Å². The molecule has 1 aliphatic rings. The van der Waals surface area contributed by atoms with Crippen molar-refractivity contribution < 1.29 is 9.21 Å². The Hall–Kier alpha value is -2.77. The maximum absolute atomic E-state index is 12.3. The molecular formula is C19H21N5O2. The second kappa shape index (κ2) is 7.23. The van der Waals surface area contributed by atoms with Gasteiger partial charge in [0.1, 0.15) is 5.82 Å². The summed E-state index contributed by atoms with van der Waals surface area (Å²) in [5.41, 5.74) is 0.941. The van der Waals surface area contributed by atoms with E-state index in [-0.39, 0.29) is 5.91 Å². The van der Waals surface area contributed by atoms with E-state index < -0.39 is 0 Å². The highest BCUT2D eigenvalue weighted by Gasteiger charge is 2.16. The van der Waals surface area contributed by atoms with Gasteiger partial charge >= 0.3 is 0 Å². The SMILES string of the molecule is CN1CCN(CC(=O)Nc2cc3cc(-c4cnco4)ccc3cn2)CC1. The number of anilines is 1. The van der Waals surface area contributed by atoms with Crippen molar-refractivity contribution in [3.63, 3.8) is 0 Å². The zero-order chi connectivity index (χ0) is 17.9. The number of nitrogens with zero attached hydrogens (tertiary/aromatic N) is 4. The van der Waals surface area contributed by atoms with Crippen LogP contribution >= 0.6 is 0 Å². The van der Waals surface area contributed by atoms with Crippen LogP contribution < -0.4 is 5.32 Å². The number of hydrogen-bond donors (Lipinski definition) is 1. The van der Waals surface area contributed by atoms with Gasteiger partial charge in [-0.2, -0.15) is 0 Å². The van der Waals surface area contributed by atoms with Crippen molar-refractivity contribution in [2.45, 2.75) is 0 Å². The van der Waals surface area contributed by atoms with E-state index in [2.05, 4.69) is 32.1 Å². The second-order valence-corrected chi connectivity index (χ2v) is 6.62. The number of carbonyl (C=O) groups excluding carboxylic acids is 1. The van der Waals surface area contributed by atoms with Crippen LogP contribution in [-0.4, -0.2) is 65.4 Å². The molecule has 0 spiro atoms. The first kappa shape index (κ1) is 16.7. The lowest BCUT2D eigenvalue weighted by molar-refractivity contribution is -0.117. The number of pyridine rings is 1. The van der Waals surface area contributed by atoms with E-state index in [9.17, 15) is 4.79 Å². The summed E-state index contributed by atoms with van der Waals surface area (Å²) >= 11 is 0. The van der Waals surface area contributed by atoms with Gasteiger partial charge in [-0.3, -0.25) is 9.69 Å². The zero-order valence-electron chi connectivity index (χ0n) is 14.7. The number of aromatic nitrogens is 2. The maximum atomic E-state index is 12.3. The molecule has 0 radical (unpaired) electrons. The van der Waals surface area contributed by atoms with Gasteiger partial charge in [0, 0.05) is 43.3 Å². The molecule has 3 aromatic rings. The standard InChI is InChI=1S/C19H21N5O2/c1-23-4-6-24(7-5-23)12-19(25)22-18-9-16-8-14(17-11-20-13-26-17)2-3-15(16)10-21-18/h2-3,8-11,13H,4-7,12H2,1H3,(H,21,22,25). The Morgan fingerprint density at radius 3 is 2.77 bits per heavy atom. The van der Waals surface area contributed by atoms with E-state index in [0.717, 1.165) is 42.5 Å².